The van der Waals surface area contributed by atoms with Crippen LogP contribution in [0.25, 0.3) is 0 Å². The first kappa shape index (κ1) is 24.9. The molecule has 3 amide bonds. The maximum atomic E-state index is 13.0. The Kier molecular flexibility index (Phi) is 8.65. The second-order valence-corrected chi connectivity index (χ2v) is 9.63. The van der Waals surface area contributed by atoms with Crippen LogP contribution in [0, 0.1) is 17.8 Å². The molecule has 0 saturated carbocycles. The lowest BCUT2D eigenvalue weighted by Crippen LogP contribution is -2.57. The zero-order valence-electron chi connectivity index (χ0n) is 18.9. The molecule has 0 aromatic carbocycles. The first-order valence-corrected chi connectivity index (χ1v) is 10.3. The van der Waals surface area contributed by atoms with Crippen molar-refractivity contribution in [3.05, 3.63) is 0 Å². The van der Waals surface area contributed by atoms with Crippen molar-refractivity contribution in [1.29, 1.82) is 0 Å². The van der Waals surface area contributed by atoms with Gasteiger partial charge in [0.05, 0.1) is 6.04 Å². The molecular weight excluding hydrogens is 374 g/mol. The van der Waals surface area contributed by atoms with Crippen LogP contribution in [0.5, 0.6) is 0 Å². The van der Waals surface area contributed by atoms with Crippen LogP contribution in [-0.4, -0.2) is 59.4 Å². The second kappa shape index (κ2) is 10.1. The van der Waals surface area contributed by atoms with Gasteiger partial charge in [0.25, 0.3) is 0 Å². The number of carbonyl (C=O) groups is 4. The average molecular weight is 412 g/mol. The van der Waals surface area contributed by atoms with E-state index in [0.717, 1.165) is 6.29 Å². The summed E-state index contributed by atoms with van der Waals surface area (Å²) in [5.74, 6) is -0.953. The molecule has 1 saturated heterocycles. The van der Waals surface area contributed by atoms with Gasteiger partial charge < -0.3 is 25.1 Å². The van der Waals surface area contributed by atoms with Gasteiger partial charge in [0.15, 0.2) is 0 Å². The molecular formula is C21H37N3O5. The fraction of sp³-hybridized carbons (Fsp3) is 0.810. The molecule has 1 heterocycles. The molecule has 1 aliphatic rings. The molecule has 0 spiro atoms. The molecule has 2 N–H and O–H groups in total. The van der Waals surface area contributed by atoms with Gasteiger partial charge in [-0.3, -0.25) is 4.79 Å². The number of hydrogen-bond acceptors (Lipinski definition) is 5. The minimum absolute atomic E-state index is 0.185. The van der Waals surface area contributed by atoms with Crippen LogP contribution in [0.4, 0.5) is 4.79 Å². The maximum Gasteiger partial charge on any atom is 0.329 e. The summed E-state index contributed by atoms with van der Waals surface area (Å²) in [5.41, 5.74) is -0.672. The molecule has 0 aliphatic carbocycles. The highest BCUT2D eigenvalue weighted by Crippen LogP contribution is 2.23. The molecule has 1 aliphatic heterocycles. The summed E-state index contributed by atoms with van der Waals surface area (Å²) >= 11 is 0. The largest absolute Gasteiger partial charge is 0.458 e. The van der Waals surface area contributed by atoms with E-state index in [1.54, 1.807) is 34.6 Å². The van der Waals surface area contributed by atoms with Crippen molar-refractivity contribution >= 4 is 24.2 Å². The normalized spacial score (nSPS) is 21.7. The second-order valence-electron chi connectivity index (χ2n) is 9.63. The molecule has 2 unspecified atom stereocenters. The van der Waals surface area contributed by atoms with E-state index in [1.165, 1.54) is 4.90 Å². The summed E-state index contributed by atoms with van der Waals surface area (Å²) < 4.78 is 5.39. The monoisotopic (exact) mass is 411 g/mol. The van der Waals surface area contributed by atoms with Crippen LogP contribution >= 0.6 is 0 Å². The maximum absolute atomic E-state index is 13.0. The van der Waals surface area contributed by atoms with Crippen molar-refractivity contribution in [1.82, 2.24) is 15.5 Å². The standard InChI is InChI=1S/C21H37N3O5/c1-12(2)16(18(26)24-10-14(5)9-15(24)11-25)22-20(28)23-17(13(3)4)19(27)29-21(6,7)8/h11-17H,9-10H2,1-8H3,(H2,22,23,28)/t14-,15+,16?,17?/m1/s1. The smallest absolute Gasteiger partial charge is 0.329 e. The number of likely N-dealkylation sites (tertiary alicyclic amines) is 1. The Morgan fingerprint density at radius 2 is 1.55 bits per heavy atom. The SMILES string of the molecule is CC(C)C(NC(=O)NC(C(=O)N1C[C@H](C)C[C@H]1C=O)C(C)C)C(=O)OC(C)(C)C. The molecule has 4 atom stereocenters. The lowest BCUT2D eigenvalue weighted by Gasteiger charge is -2.30. The number of ether oxygens (including phenoxy) is 1. The summed E-state index contributed by atoms with van der Waals surface area (Å²) in [4.78, 5) is 50.9. The van der Waals surface area contributed by atoms with Gasteiger partial charge in [-0.2, -0.15) is 0 Å². The first-order valence-electron chi connectivity index (χ1n) is 10.3. The zero-order valence-corrected chi connectivity index (χ0v) is 18.9. The van der Waals surface area contributed by atoms with Crippen molar-refractivity contribution in [3.8, 4) is 0 Å². The molecule has 0 aromatic heterocycles. The Bertz CT molecular complexity index is 612. The van der Waals surface area contributed by atoms with Crippen LogP contribution in [-0.2, 0) is 19.1 Å². The van der Waals surface area contributed by atoms with Gasteiger partial charge in [0.2, 0.25) is 5.91 Å². The zero-order chi connectivity index (χ0) is 22.5. The lowest BCUT2D eigenvalue weighted by molar-refractivity contribution is -0.158. The molecule has 166 valence electrons. The van der Waals surface area contributed by atoms with Gasteiger partial charge in [0, 0.05) is 6.54 Å². The minimum Gasteiger partial charge on any atom is -0.458 e. The third-order valence-electron chi connectivity index (χ3n) is 4.83. The molecule has 0 radical (unpaired) electrons. The van der Waals surface area contributed by atoms with Crippen LogP contribution in [0.2, 0.25) is 0 Å². The number of esters is 1. The summed E-state index contributed by atoms with van der Waals surface area (Å²) in [6.07, 6.45) is 1.41. The van der Waals surface area contributed by atoms with Gasteiger partial charge in [-0.05, 0) is 44.9 Å². The van der Waals surface area contributed by atoms with Gasteiger partial charge in [0.1, 0.15) is 24.0 Å². The highest BCUT2D eigenvalue weighted by Gasteiger charge is 2.38. The molecule has 1 fully saturated rings. The van der Waals surface area contributed by atoms with Crippen LogP contribution in [0.1, 0.15) is 61.8 Å². The number of nitrogens with zero attached hydrogens (tertiary/aromatic N) is 1. The van der Waals surface area contributed by atoms with E-state index in [4.69, 9.17) is 4.74 Å². The number of urea groups is 1. The summed E-state index contributed by atoms with van der Waals surface area (Å²) in [6, 6.07) is -2.72. The third-order valence-corrected chi connectivity index (χ3v) is 4.83. The van der Waals surface area contributed by atoms with E-state index >= 15 is 0 Å². The van der Waals surface area contributed by atoms with E-state index in [2.05, 4.69) is 10.6 Å². The molecule has 0 aromatic rings. The van der Waals surface area contributed by atoms with Crippen molar-refractivity contribution < 1.29 is 23.9 Å². The van der Waals surface area contributed by atoms with E-state index < -0.39 is 35.7 Å². The number of aldehydes is 1. The fourth-order valence-corrected chi connectivity index (χ4v) is 3.35. The van der Waals surface area contributed by atoms with Crippen LogP contribution in [0.15, 0.2) is 0 Å². The van der Waals surface area contributed by atoms with Gasteiger partial charge in [-0.1, -0.05) is 34.6 Å². The van der Waals surface area contributed by atoms with Gasteiger partial charge >= 0.3 is 12.0 Å². The number of carbonyl (C=O) groups excluding carboxylic acids is 4. The van der Waals surface area contributed by atoms with Crippen molar-refractivity contribution in [2.24, 2.45) is 17.8 Å². The lowest BCUT2D eigenvalue weighted by atomic mass is 10.0. The highest BCUT2D eigenvalue weighted by molar-refractivity contribution is 5.90. The van der Waals surface area contributed by atoms with E-state index in [9.17, 15) is 19.2 Å². The Hall–Kier alpha value is -2.12. The Morgan fingerprint density at radius 1 is 1.03 bits per heavy atom. The molecule has 8 heteroatoms. The van der Waals surface area contributed by atoms with Crippen molar-refractivity contribution in [3.63, 3.8) is 0 Å². The molecule has 0 bridgehead atoms. The highest BCUT2D eigenvalue weighted by atomic mass is 16.6. The first-order chi connectivity index (χ1) is 13.3. The third kappa shape index (κ3) is 7.33. The predicted molar refractivity (Wildman–Crippen MR) is 110 cm³/mol. The predicted octanol–water partition coefficient (Wildman–Crippen LogP) is 2.11. The summed E-state index contributed by atoms with van der Waals surface area (Å²) in [5, 5.41) is 5.33. The fourth-order valence-electron chi connectivity index (χ4n) is 3.35. The van der Waals surface area contributed by atoms with E-state index in [0.29, 0.717) is 13.0 Å². The Morgan fingerprint density at radius 3 is 2.00 bits per heavy atom. The quantitative estimate of drug-likeness (QED) is 0.493. The molecule has 1 rings (SSSR count). The Labute approximate surface area is 174 Å². The van der Waals surface area contributed by atoms with Crippen LogP contribution in [0.3, 0.4) is 0 Å². The van der Waals surface area contributed by atoms with Crippen molar-refractivity contribution in [2.45, 2.75) is 85.5 Å². The molecule has 8 nitrogen and oxygen atoms in total. The Balaban J connectivity index is 2.87. The van der Waals surface area contributed by atoms with Crippen LogP contribution < -0.4 is 10.6 Å². The minimum atomic E-state index is -0.841. The number of amides is 3. The van der Waals surface area contributed by atoms with Gasteiger partial charge in [-0.15, -0.1) is 0 Å². The summed E-state index contributed by atoms with van der Waals surface area (Å²) in [7, 11) is 0. The molecule has 29 heavy (non-hydrogen) atoms. The van der Waals surface area contributed by atoms with E-state index in [1.807, 2.05) is 20.8 Å². The van der Waals surface area contributed by atoms with E-state index in [-0.39, 0.29) is 23.7 Å². The summed E-state index contributed by atoms with van der Waals surface area (Å²) in [6.45, 7) is 15.0. The number of hydrogen-bond donors (Lipinski definition) is 2. The average Bonchev–Trinajstić information content (AvgIpc) is 2.95. The van der Waals surface area contributed by atoms with Crippen molar-refractivity contribution in [2.75, 3.05) is 6.54 Å². The number of rotatable bonds is 7. The van der Waals surface area contributed by atoms with Gasteiger partial charge in [-0.25, -0.2) is 9.59 Å². The topological polar surface area (TPSA) is 105 Å². The number of nitrogens with one attached hydrogen (secondary N) is 2.